The fourth-order valence-corrected chi connectivity index (χ4v) is 2.57. The molecule has 0 aliphatic rings. The van der Waals surface area contributed by atoms with Gasteiger partial charge in [0, 0.05) is 41.6 Å². The molecular formula is C21H18N10O2. The predicted octanol–water partition coefficient (Wildman–Crippen LogP) is 1.92. The van der Waals surface area contributed by atoms with Crippen LogP contribution in [-0.2, 0) is 0 Å². The third kappa shape index (κ3) is 5.95. The summed E-state index contributed by atoms with van der Waals surface area (Å²) < 4.78 is 0. The van der Waals surface area contributed by atoms with E-state index < -0.39 is 11.8 Å². The lowest BCUT2D eigenvalue weighted by Crippen LogP contribution is -2.32. The van der Waals surface area contributed by atoms with Gasteiger partial charge in [0.15, 0.2) is 0 Å². The highest BCUT2D eigenvalue weighted by atomic mass is 16.2. The molecule has 0 aliphatic heterocycles. The fourth-order valence-electron chi connectivity index (χ4n) is 2.57. The fraction of sp³-hybridized carbons (Fsp3) is 0. The van der Waals surface area contributed by atoms with Crippen LogP contribution in [0.15, 0.2) is 79.4 Å². The maximum atomic E-state index is 12.3. The molecule has 0 fully saturated rings. The molecule has 4 rings (SSSR count). The van der Waals surface area contributed by atoms with E-state index in [-0.39, 0.29) is 17.8 Å². The summed E-state index contributed by atoms with van der Waals surface area (Å²) in [6.07, 6.45) is 6.03. The summed E-state index contributed by atoms with van der Waals surface area (Å²) in [6.45, 7) is 0. The summed E-state index contributed by atoms with van der Waals surface area (Å²) in [4.78, 5) is 45.0. The number of hydrogen-bond donors (Lipinski definition) is 5. The zero-order chi connectivity index (χ0) is 22.9. The number of pyridine rings is 2. The number of rotatable bonds is 8. The quantitative estimate of drug-likeness (QED) is 0.255. The van der Waals surface area contributed by atoms with Crippen LogP contribution in [0.25, 0.3) is 0 Å². The number of anilines is 4. The first-order chi connectivity index (χ1) is 16.2. The average Bonchev–Trinajstić information content (AvgIpc) is 2.87. The average molecular weight is 442 g/mol. The van der Waals surface area contributed by atoms with E-state index >= 15 is 0 Å². The molecule has 0 radical (unpaired) electrons. The van der Waals surface area contributed by atoms with Crippen LogP contribution in [0.1, 0.15) is 20.7 Å². The first-order valence-corrected chi connectivity index (χ1v) is 9.68. The summed E-state index contributed by atoms with van der Waals surface area (Å²) in [7, 11) is 0. The SMILES string of the molecule is O=C(NNc1nc(NNC(=O)c2ccncc2)nc(Nc2ccccc2)n1)c1ccncc1. The van der Waals surface area contributed by atoms with Crippen LogP contribution >= 0.6 is 0 Å². The largest absolute Gasteiger partial charge is 0.324 e. The Bertz CT molecular complexity index is 1150. The second-order valence-corrected chi connectivity index (χ2v) is 6.43. The van der Waals surface area contributed by atoms with Gasteiger partial charge in [-0.1, -0.05) is 18.2 Å². The van der Waals surface area contributed by atoms with Crippen molar-refractivity contribution in [3.05, 3.63) is 90.5 Å². The zero-order valence-corrected chi connectivity index (χ0v) is 17.1. The second-order valence-electron chi connectivity index (χ2n) is 6.43. The Labute approximate surface area is 187 Å². The summed E-state index contributed by atoms with van der Waals surface area (Å²) in [6, 6.07) is 15.5. The van der Waals surface area contributed by atoms with Crippen LogP contribution in [0.2, 0.25) is 0 Å². The van der Waals surface area contributed by atoms with Gasteiger partial charge in [-0.15, -0.1) is 0 Å². The second kappa shape index (κ2) is 10.3. The summed E-state index contributed by atoms with van der Waals surface area (Å²) >= 11 is 0. The molecule has 4 aromatic rings. The van der Waals surface area contributed by atoms with Crippen molar-refractivity contribution in [2.75, 3.05) is 16.2 Å². The maximum absolute atomic E-state index is 12.3. The number of carbonyl (C=O) groups excluding carboxylic acids is 2. The molecule has 0 atom stereocenters. The minimum Gasteiger partial charge on any atom is -0.324 e. The lowest BCUT2D eigenvalue weighted by atomic mass is 10.3. The molecule has 12 heteroatoms. The molecular weight excluding hydrogens is 424 g/mol. The highest BCUT2D eigenvalue weighted by Crippen LogP contribution is 2.15. The Kier molecular flexibility index (Phi) is 6.56. The normalized spacial score (nSPS) is 10.1. The van der Waals surface area contributed by atoms with Crippen molar-refractivity contribution >= 4 is 35.3 Å². The minimum absolute atomic E-state index is 0.0338. The first-order valence-electron chi connectivity index (χ1n) is 9.68. The number of hydrazine groups is 2. The molecule has 0 bridgehead atoms. The van der Waals surface area contributed by atoms with Crippen LogP contribution < -0.4 is 27.0 Å². The molecule has 2 amide bonds. The molecule has 3 aromatic heterocycles. The van der Waals surface area contributed by atoms with Crippen molar-refractivity contribution in [3.8, 4) is 0 Å². The van der Waals surface area contributed by atoms with Crippen molar-refractivity contribution in [2.24, 2.45) is 0 Å². The molecule has 0 spiro atoms. The monoisotopic (exact) mass is 442 g/mol. The summed E-state index contributed by atoms with van der Waals surface area (Å²) in [5.74, 6) is -0.567. The minimum atomic E-state index is -0.407. The molecule has 3 heterocycles. The first kappa shape index (κ1) is 21.1. The number of aromatic nitrogens is 5. The van der Waals surface area contributed by atoms with E-state index in [1.165, 1.54) is 24.8 Å². The third-order valence-electron chi connectivity index (χ3n) is 4.13. The molecule has 5 N–H and O–H groups in total. The number of carbonyl (C=O) groups is 2. The molecule has 33 heavy (non-hydrogen) atoms. The van der Waals surface area contributed by atoms with Gasteiger partial charge in [0.05, 0.1) is 0 Å². The zero-order valence-electron chi connectivity index (χ0n) is 17.1. The highest BCUT2D eigenvalue weighted by Gasteiger charge is 2.11. The molecule has 12 nitrogen and oxygen atoms in total. The Hall–Kier alpha value is -5.13. The van der Waals surface area contributed by atoms with Crippen LogP contribution in [0.5, 0.6) is 0 Å². The number of nitrogens with zero attached hydrogens (tertiary/aromatic N) is 5. The standard InChI is InChI=1S/C21H18N10O2/c32-17(14-6-10-22-11-7-14)28-30-20-25-19(24-16-4-2-1-3-5-16)26-21(27-20)31-29-18(33)15-8-12-23-13-9-15/h1-13H,(H,28,32)(H,29,33)(H3,24,25,26,27,30,31). The van der Waals surface area contributed by atoms with Gasteiger partial charge in [0.1, 0.15) is 0 Å². The molecule has 0 saturated heterocycles. The molecule has 1 aromatic carbocycles. The van der Waals surface area contributed by atoms with Crippen molar-refractivity contribution in [2.45, 2.75) is 0 Å². The topological polar surface area (TPSA) is 159 Å². The van der Waals surface area contributed by atoms with Gasteiger partial charge in [-0.2, -0.15) is 15.0 Å². The highest BCUT2D eigenvalue weighted by molar-refractivity contribution is 5.95. The van der Waals surface area contributed by atoms with Gasteiger partial charge in [-0.25, -0.2) is 0 Å². The van der Waals surface area contributed by atoms with Gasteiger partial charge in [-0.3, -0.25) is 41.3 Å². The lowest BCUT2D eigenvalue weighted by molar-refractivity contribution is 0.0954. The van der Waals surface area contributed by atoms with E-state index in [0.29, 0.717) is 11.1 Å². The Morgan fingerprint density at radius 1 is 0.576 bits per heavy atom. The smallest absolute Gasteiger partial charge is 0.269 e. The van der Waals surface area contributed by atoms with Crippen molar-refractivity contribution in [1.29, 1.82) is 0 Å². The van der Waals surface area contributed by atoms with Gasteiger partial charge in [0.25, 0.3) is 11.8 Å². The molecule has 0 aliphatic carbocycles. The molecule has 0 saturated carbocycles. The third-order valence-corrected chi connectivity index (χ3v) is 4.13. The predicted molar refractivity (Wildman–Crippen MR) is 120 cm³/mol. The van der Waals surface area contributed by atoms with Gasteiger partial charge in [-0.05, 0) is 36.4 Å². The van der Waals surface area contributed by atoms with E-state index in [4.69, 9.17) is 0 Å². The van der Waals surface area contributed by atoms with Crippen molar-refractivity contribution in [1.82, 2.24) is 35.8 Å². The van der Waals surface area contributed by atoms with E-state index in [1.54, 1.807) is 24.3 Å². The summed E-state index contributed by atoms with van der Waals surface area (Å²) in [5, 5.41) is 3.04. The van der Waals surface area contributed by atoms with E-state index in [1.807, 2.05) is 30.3 Å². The van der Waals surface area contributed by atoms with E-state index in [9.17, 15) is 9.59 Å². The van der Waals surface area contributed by atoms with Crippen LogP contribution in [0.4, 0.5) is 23.5 Å². The van der Waals surface area contributed by atoms with Gasteiger partial charge >= 0.3 is 0 Å². The lowest BCUT2D eigenvalue weighted by Gasteiger charge is -2.12. The van der Waals surface area contributed by atoms with Gasteiger partial charge < -0.3 is 5.32 Å². The number of para-hydroxylation sites is 1. The van der Waals surface area contributed by atoms with E-state index in [2.05, 4.69) is 51.9 Å². The Morgan fingerprint density at radius 2 is 1.03 bits per heavy atom. The number of hydrogen-bond acceptors (Lipinski definition) is 10. The number of nitrogens with one attached hydrogen (secondary N) is 5. The van der Waals surface area contributed by atoms with Gasteiger partial charge in [0.2, 0.25) is 17.8 Å². The number of benzene rings is 1. The van der Waals surface area contributed by atoms with Crippen LogP contribution in [0, 0.1) is 0 Å². The van der Waals surface area contributed by atoms with Crippen molar-refractivity contribution in [3.63, 3.8) is 0 Å². The molecule has 0 unspecified atom stereocenters. The van der Waals surface area contributed by atoms with Crippen LogP contribution in [-0.4, -0.2) is 36.7 Å². The molecule has 164 valence electrons. The Balaban J connectivity index is 1.50. The van der Waals surface area contributed by atoms with Crippen molar-refractivity contribution < 1.29 is 9.59 Å². The Morgan fingerprint density at radius 3 is 1.52 bits per heavy atom. The number of amides is 2. The summed E-state index contributed by atoms with van der Waals surface area (Å²) in [5.41, 5.74) is 11.8. The van der Waals surface area contributed by atoms with E-state index in [0.717, 1.165) is 5.69 Å². The van der Waals surface area contributed by atoms with Crippen LogP contribution in [0.3, 0.4) is 0 Å². The maximum Gasteiger partial charge on any atom is 0.269 e.